The maximum Gasteiger partial charge on any atom is 0.252 e. The molecule has 0 spiro atoms. The second-order valence-corrected chi connectivity index (χ2v) is 5.83. The lowest BCUT2D eigenvalue weighted by atomic mass is 10.0. The molecular weight excluding hydrogens is 288 g/mol. The lowest BCUT2D eigenvalue weighted by Crippen LogP contribution is -2.44. The van der Waals surface area contributed by atoms with Gasteiger partial charge in [0.25, 0.3) is 5.91 Å². The van der Waals surface area contributed by atoms with E-state index in [0.29, 0.717) is 29.0 Å². The molecule has 1 aromatic rings. The van der Waals surface area contributed by atoms with Crippen LogP contribution in [0.3, 0.4) is 0 Å². The molecule has 1 aromatic heterocycles. The third-order valence-electron chi connectivity index (χ3n) is 3.87. The Hall–Kier alpha value is -1.33. The van der Waals surface area contributed by atoms with Gasteiger partial charge in [0.2, 0.25) is 0 Å². The van der Waals surface area contributed by atoms with Crippen LogP contribution in [0.1, 0.15) is 36.5 Å². The van der Waals surface area contributed by atoms with Crippen LogP contribution < -0.4 is 10.6 Å². The Bertz CT molecular complexity index is 495. The standard InChI is InChI=1S/C15H23ClN4O/c1-3-17-14-13(16)8-11(9-18-14)15(21)19-10-12-6-4-5-7-20(12)2/h8-9,12H,3-7,10H2,1-2H3,(H,17,18)(H,19,21). The van der Waals surface area contributed by atoms with E-state index in [1.165, 1.54) is 12.8 Å². The minimum absolute atomic E-state index is 0.119. The molecule has 2 heterocycles. The van der Waals surface area contributed by atoms with E-state index in [1.807, 2.05) is 6.92 Å². The summed E-state index contributed by atoms with van der Waals surface area (Å²) in [7, 11) is 2.11. The highest BCUT2D eigenvalue weighted by Crippen LogP contribution is 2.20. The van der Waals surface area contributed by atoms with Crippen LogP contribution >= 0.6 is 11.6 Å². The Morgan fingerprint density at radius 1 is 1.52 bits per heavy atom. The van der Waals surface area contributed by atoms with Gasteiger partial charge >= 0.3 is 0 Å². The third-order valence-corrected chi connectivity index (χ3v) is 4.16. The summed E-state index contributed by atoms with van der Waals surface area (Å²) in [5.74, 6) is 0.495. The predicted octanol–water partition coefficient (Wildman–Crippen LogP) is 2.38. The van der Waals surface area contributed by atoms with E-state index in [9.17, 15) is 4.79 Å². The molecule has 1 unspecified atom stereocenters. The zero-order valence-electron chi connectivity index (χ0n) is 12.7. The van der Waals surface area contributed by atoms with Gasteiger partial charge in [0, 0.05) is 25.3 Å². The number of anilines is 1. The number of hydrogen-bond donors (Lipinski definition) is 2. The fourth-order valence-corrected chi connectivity index (χ4v) is 2.81. The predicted molar refractivity (Wildman–Crippen MR) is 86.0 cm³/mol. The third kappa shape index (κ3) is 4.32. The molecule has 0 aromatic carbocycles. The fourth-order valence-electron chi connectivity index (χ4n) is 2.57. The number of nitrogens with one attached hydrogen (secondary N) is 2. The van der Waals surface area contributed by atoms with Crippen molar-refractivity contribution >= 4 is 23.3 Å². The van der Waals surface area contributed by atoms with Gasteiger partial charge in [-0.1, -0.05) is 18.0 Å². The maximum absolute atomic E-state index is 12.2. The van der Waals surface area contributed by atoms with Gasteiger partial charge in [0.05, 0.1) is 10.6 Å². The largest absolute Gasteiger partial charge is 0.369 e. The lowest BCUT2D eigenvalue weighted by Gasteiger charge is -2.32. The Labute approximate surface area is 131 Å². The average molecular weight is 311 g/mol. The quantitative estimate of drug-likeness (QED) is 0.877. The highest BCUT2D eigenvalue weighted by atomic mass is 35.5. The van der Waals surface area contributed by atoms with Crippen LogP contribution in [0, 0.1) is 0 Å². The van der Waals surface area contributed by atoms with E-state index < -0.39 is 0 Å². The molecule has 1 aliphatic heterocycles. The van der Waals surface area contributed by atoms with Crippen molar-refractivity contribution in [2.24, 2.45) is 0 Å². The number of halogens is 1. The van der Waals surface area contributed by atoms with E-state index in [0.717, 1.165) is 19.5 Å². The number of nitrogens with zero attached hydrogens (tertiary/aromatic N) is 2. The van der Waals surface area contributed by atoms with Gasteiger partial charge in [-0.05, 0) is 39.4 Å². The molecule has 0 saturated carbocycles. The number of hydrogen-bond acceptors (Lipinski definition) is 4. The van der Waals surface area contributed by atoms with E-state index >= 15 is 0 Å². The molecule has 0 radical (unpaired) electrons. The maximum atomic E-state index is 12.2. The molecule has 1 fully saturated rings. The van der Waals surface area contributed by atoms with Gasteiger partial charge in [-0.2, -0.15) is 0 Å². The number of piperidine rings is 1. The average Bonchev–Trinajstić information content (AvgIpc) is 2.48. The van der Waals surface area contributed by atoms with Crippen LogP contribution in [-0.4, -0.2) is 48.5 Å². The topological polar surface area (TPSA) is 57.3 Å². The first-order chi connectivity index (χ1) is 10.1. The van der Waals surface area contributed by atoms with Gasteiger partial charge in [0.15, 0.2) is 0 Å². The second-order valence-electron chi connectivity index (χ2n) is 5.42. The first-order valence-electron chi connectivity index (χ1n) is 7.49. The van der Waals surface area contributed by atoms with E-state index in [2.05, 4.69) is 27.6 Å². The summed E-state index contributed by atoms with van der Waals surface area (Å²) in [6.45, 7) is 4.48. The Morgan fingerprint density at radius 3 is 3.00 bits per heavy atom. The number of carbonyl (C=O) groups excluding carboxylic acids is 1. The minimum atomic E-state index is -0.119. The Kier molecular flexibility index (Phi) is 5.82. The van der Waals surface area contributed by atoms with Crippen LogP contribution in [0.5, 0.6) is 0 Å². The summed E-state index contributed by atoms with van der Waals surface area (Å²) in [5.41, 5.74) is 0.500. The van der Waals surface area contributed by atoms with Crippen molar-refractivity contribution < 1.29 is 4.79 Å². The SMILES string of the molecule is CCNc1ncc(C(=O)NCC2CCCCN2C)cc1Cl. The van der Waals surface area contributed by atoms with Gasteiger partial charge in [0.1, 0.15) is 5.82 Å². The summed E-state index contributed by atoms with van der Waals surface area (Å²) >= 11 is 6.11. The van der Waals surface area contributed by atoms with Gasteiger partial charge < -0.3 is 15.5 Å². The van der Waals surface area contributed by atoms with E-state index in [-0.39, 0.29) is 5.91 Å². The molecular formula is C15H23ClN4O. The number of likely N-dealkylation sites (tertiary alicyclic amines) is 1. The van der Waals surface area contributed by atoms with Gasteiger partial charge in [-0.15, -0.1) is 0 Å². The molecule has 1 amide bonds. The van der Waals surface area contributed by atoms with Crippen molar-refractivity contribution in [3.05, 3.63) is 22.8 Å². The first-order valence-corrected chi connectivity index (χ1v) is 7.87. The summed E-state index contributed by atoms with van der Waals surface area (Å²) in [6.07, 6.45) is 5.17. The van der Waals surface area contributed by atoms with Crippen molar-refractivity contribution in [1.29, 1.82) is 0 Å². The van der Waals surface area contributed by atoms with Crippen LogP contribution in [0.2, 0.25) is 5.02 Å². The van der Waals surface area contributed by atoms with Crippen molar-refractivity contribution in [3.63, 3.8) is 0 Å². The smallest absolute Gasteiger partial charge is 0.252 e. The molecule has 0 aliphatic carbocycles. The number of rotatable bonds is 5. The van der Waals surface area contributed by atoms with Crippen molar-refractivity contribution in [2.45, 2.75) is 32.2 Å². The molecule has 1 atom stereocenters. The molecule has 2 N–H and O–H groups in total. The summed E-state index contributed by atoms with van der Waals surface area (Å²) < 4.78 is 0. The number of likely N-dealkylation sites (N-methyl/N-ethyl adjacent to an activating group) is 1. The number of aromatic nitrogens is 1. The molecule has 5 nitrogen and oxygen atoms in total. The Morgan fingerprint density at radius 2 is 2.33 bits per heavy atom. The highest BCUT2D eigenvalue weighted by molar-refractivity contribution is 6.33. The molecule has 116 valence electrons. The number of pyridine rings is 1. The van der Waals surface area contributed by atoms with Crippen LogP contribution in [0.25, 0.3) is 0 Å². The molecule has 0 bridgehead atoms. The summed E-state index contributed by atoms with van der Waals surface area (Å²) in [5, 5.41) is 6.50. The molecule has 6 heteroatoms. The zero-order chi connectivity index (χ0) is 15.2. The molecule has 21 heavy (non-hydrogen) atoms. The van der Waals surface area contributed by atoms with Crippen molar-refractivity contribution in [1.82, 2.24) is 15.2 Å². The summed E-state index contributed by atoms with van der Waals surface area (Å²) in [6, 6.07) is 2.08. The lowest BCUT2D eigenvalue weighted by molar-refractivity contribution is 0.0928. The van der Waals surface area contributed by atoms with Crippen LogP contribution in [-0.2, 0) is 0 Å². The normalized spacial score (nSPS) is 19.3. The van der Waals surface area contributed by atoms with Gasteiger partial charge in [-0.3, -0.25) is 4.79 Å². The van der Waals surface area contributed by atoms with Crippen molar-refractivity contribution in [2.75, 3.05) is 32.0 Å². The van der Waals surface area contributed by atoms with Crippen molar-refractivity contribution in [3.8, 4) is 0 Å². The van der Waals surface area contributed by atoms with E-state index in [4.69, 9.17) is 11.6 Å². The number of carbonyl (C=O) groups is 1. The number of amides is 1. The Balaban J connectivity index is 1.92. The second kappa shape index (κ2) is 7.61. The monoisotopic (exact) mass is 310 g/mol. The summed E-state index contributed by atoms with van der Waals surface area (Å²) in [4.78, 5) is 18.7. The molecule has 1 saturated heterocycles. The van der Waals surface area contributed by atoms with E-state index in [1.54, 1.807) is 12.3 Å². The zero-order valence-corrected chi connectivity index (χ0v) is 13.4. The molecule has 2 rings (SSSR count). The van der Waals surface area contributed by atoms with Crippen LogP contribution in [0.4, 0.5) is 5.82 Å². The van der Waals surface area contributed by atoms with Gasteiger partial charge in [-0.25, -0.2) is 4.98 Å². The van der Waals surface area contributed by atoms with Crippen LogP contribution in [0.15, 0.2) is 12.3 Å². The first kappa shape index (κ1) is 16.0. The minimum Gasteiger partial charge on any atom is -0.369 e. The molecule has 1 aliphatic rings. The highest BCUT2D eigenvalue weighted by Gasteiger charge is 2.19. The fraction of sp³-hybridized carbons (Fsp3) is 0.600.